The Balaban J connectivity index is 0.000000197. The van der Waals surface area contributed by atoms with Gasteiger partial charge in [-0.2, -0.15) is 0 Å². The fraction of sp³-hybridized carbons (Fsp3) is 0.600. The van der Waals surface area contributed by atoms with E-state index in [1.807, 2.05) is 6.82 Å². The maximum absolute atomic E-state index is 12.9. The summed E-state index contributed by atoms with van der Waals surface area (Å²) < 4.78 is 25.5. The molecule has 0 saturated carbocycles. The van der Waals surface area contributed by atoms with Gasteiger partial charge in [0.2, 0.25) is 0 Å². The molecule has 3 aliphatic heterocycles. The fourth-order valence-electron chi connectivity index (χ4n) is 5.04. The van der Waals surface area contributed by atoms with Crippen molar-refractivity contribution in [1.82, 2.24) is 25.0 Å². The summed E-state index contributed by atoms with van der Waals surface area (Å²) in [5, 5.41) is 12.9. The summed E-state index contributed by atoms with van der Waals surface area (Å²) in [6, 6.07) is 6.41. The lowest BCUT2D eigenvalue weighted by Gasteiger charge is -2.39. The molecule has 8 nitrogen and oxygen atoms in total. The average Bonchev–Trinajstić information content (AvgIpc) is 2.91. The van der Waals surface area contributed by atoms with Crippen LogP contribution in [0, 0.1) is 17.6 Å². The molecule has 2 N–H and O–H groups in total. The van der Waals surface area contributed by atoms with Crippen LogP contribution < -0.4 is 15.1 Å². The number of nitrogens with zero attached hydrogens (tertiary/aromatic N) is 6. The first-order valence-corrected chi connectivity index (χ1v) is 13.1. The van der Waals surface area contributed by atoms with Crippen LogP contribution in [-0.2, 0) is 0 Å². The molecule has 0 atom stereocenters. The van der Waals surface area contributed by atoms with Crippen LogP contribution in [0.15, 0.2) is 36.7 Å². The third-order valence-corrected chi connectivity index (χ3v) is 7.25. The molecule has 0 bridgehead atoms. The predicted molar refractivity (Wildman–Crippen MR) is 140 cm³/mol. The zero-order chi connectivity index (χ0) is 25.3. The van der Waals surface area contributed by atoms with Crippen LogP contribution in [0.25, 0.3) is 0 Å². The molecular weight excluding hydrogens is 463 g/mol. The molecule has 196 valence electrons. The Hall–Kier alpha value is -2.34. The summed E-state index contributed by atoms with van der Waals surface area (Å²) in [7, 11) is -0.317. The highest BCUT2D eigenvalue weighted by Crippen LogP contribution is 2.21. The first-order valence-electron chi connectivity index (χ1n) is 13.1. The molecule has 36 heavy (non-hydrogen) atoms. The number of anilines is 2. The molecule has 0 unspecified atom stereocenters. The smallest absolute Gasteiger partial charge is 0.376 e. The van der Waals surface area contributed by atoms with E-state index in [-0.39, 0.29) is 18.7 Å². The lowest BCUT2D eigenvalue weighted by atomic mass is 9.81. The van der Waals surface area contributed by atoms with Crippen molar-refractivity contribution in [1.29, 1.82) is 0 Å². The van der Waals surface area contributed by atoms with E-state index in [0.717, 1.165) is 89.5 Å². The predicted octanol–water partition coefficient (Wildman–Crippen LogP) is 1.80. The molecule has 5 rings (SSSR count). The maximum atomic E-state index is 12.9. The number of piperidine rings is 1. The SMILES string of the molecule is CB(O)N1CCC(CN2CCN(c3ccc(F)cn3)CC2)CC1.Fc1ccc(N2CCNCC2)nc1. The first kappa shape index (κ1) is 26.7. The van der Waals surface area contributed by atoms with Gasteiger partial charge in [0, 0.05) is 58.9 Å². The van der Waals surface area contributed by atoms with E-state index in [1.165, 1.54) is 37.4 Å². The van der Waals surface area contributed by atoms with Crippen molar-refractivity contribution in [3.8, 4) is 0 Å². The van der Waals surface area contributed by atoms with Crippen LogP contribution >= 0.6 is 0 Å². The first-order chi connectivity index (χ1) is 17.5. The highest BCUT2D eigenvalue weighted by Gasteiger charge is 2.26. The highest BCUT2D eigenvalue weighted by atomic mass is 19.1. The molecule has 3 fully saturated rings. The van der Waals surface area contributed by atoms with Gasteiger partial charge in [-0.25, -0.2) is 18.7 Å². The largest absolute Gasteiger partial charge is 0.437 e. The van der Waals surface area contributed by atoms with E-state index in [2.05, 4.69) is 34.8 Å². The zero-order valence-electron chi connectivity index (χ0n) is 21.2. The second kappa shape index (κ2) is 13.3. The second-order valence-corrected chi connectivity index (χ2v) is 9.81. The van der Waals surface area contributed by atoms with Crippen molar-refractivity contribution in [2.45, 2.75) is 19.7 Å². The molecule has 0 radical (unpaired) electrons. The number of hydrogen-bond acceptors (Lipinski definition) is 8. The summed E-state index contributed by atoms with van der Waals surface area (Å²) in [5.74, 6) is 1.91. The van der Waals surface area contributed by atoms with Gasteiger partial charge in [-0.1, -0.05) is 0 Å². The molecule has 3 aliphatic rings. The summed E-state index contributed by atoms with van der Waals surface area (Å²) in [5.41, 5.74) is 0. The lowest BCUT2D eigenvalue weighted by molar-refractivity contribution is 0.169. The van der Waals surface area contributed by atoms with Gasteiger partial charge in [0.05, 0.1) is 12.4 Å². The molecule has 0 spiro atoms. The van der Waals surface area contributed by atoms with E-state index in [0.29, 0.717) is 0 Å². The quantitative estimate of drug-likeness (QED) is 0.602. The Bertz CT molecular complexity index is 900. The minimum Gasteiger partial charge on any atom is -0.437 e. The minimum atomic E-state index is -0.317. The van der Waals surface area contributed by atoms with E-state index < -0.39 is 0 Å². The maximum Gasteiger partial charge on any atom is 0.376 e. The molecule has 2 aromatic heterocycles. The second-order valence-electron chi connectivity index (χ2n) is 9.81. The number of nitrogens with one attached hydrogen (secondary N) is 1. The van der Waals surface area contributed by atoms with Gasteiger partial charge in [0.15, 0.2) is 0 Å². The van der Waals surface area contributed by atoms with Crippen LogP contribution in [-0.4, -0.2) is 104 Å². The summed E-state index contributed by atoms with van der Waals surface area (Å²) >= 11 is 0. The van der Waals surface area contributed by atoms with Gasteiger partial charge in [0.25, 0.3) is 0 Å². The van der Waals surface area contributed by atoms with Crippen LogP contribution in [0.1, 0.15) is 12.8 Å². The lowest BCUT2D eigenvalue weighted by Crippen LogP contribution is -2.50. The molecule has 3 saturated heterocycles. The van der Waals surface area contributed by atoms with Gasteiger partial charge in [-0.3, -0.25) is 4.90 Å². The van der Waals surface area contributed by atoms with E-state index in [1.54, 1.807) is 12.1 Å². The van der Waals surface area contributed by atoms with Crippen LogP contribution in [0.4, 0.5) is 20.4 Å². The Kier molecular flexibility index (Phi) is 9.86. The topological polar surface area (TPSA) is 71.0 Å². The van der Waals surface area contributed by atoms with Gasteiger partial charge >= 0.3 is 7.05 Å². The fourth-order valence-corrected chi connectivity index (χ4v) is 5.04. The van der Waals surface area contributed by atoms with Crippen LogP contribution in [0.3, 0.4) is 0 Å². The normalized spacial score (nSPS) is 20.1. The third-order valence-electron chi connectivity index (χ3n) is 7.25. The van der Waals surface area contributed by atoms with Crippen LogP contribution in [0.5, 0.6) is 0 Å². The van der Waals surface area contributed by atoms with Crippen molar-refractivity contribution in [3.63, 3.8) is 0 Å². The number of halogens is 2. The highest BCUT2D eigenvalue weighted by molar-refractivity contribution is 6.45. The monoisotopic (exact) mass is 501 g/mol. The van der Waals surface area contributed by atoms with Gasteiger partial charge < -0.3 is 25.0 Å². The van der Waals surface area contributed by atoms with Crippen molar-refractivity contribution in [3.05, 3.63) is 48.3 Å². The molecule has 0 amide bonds. The molecule has 2 aromatic rings. The van der Waals surface area contributed by atoms with Gasteiger partial charge in [-0.15, -0.1) is 0 Å². The average molecular weight is 501 g/mol. The number of piperazine rings is 2. The third kappa shape index (κ3) is 7.83. The molecule has 5 heterocycles. The molecule has 0 aliphatic carbocycles. The van der Waals surface area contributed by atoms with Crippen molar-refractivity contribution in [2.24, 2.45) is 5.92 Å². The van der Waals surface area contributed by atoms with Gasteiger partial charge in [0.1, 0.15) is 23.3 Å². The number of aromatic nitrogens is 2. The van der Waals surface area contributed by atoms with Gasteiger partial charge in [-0.05, 0) is 62.9 Å². The summed E-state index contributed by atoms with van der Waals surface area (Å²) in [6.45, 7) is 12.8. The van der Waals surface area contributed by atoms with Crippen molar-refractivity contribution in [2.75, 3.05) is 81.8 Å². The van der Waals surface area contributed by atoms with Crippen molar-refractivity contribution < 1.29 is 13.8 Å². The minimum absolute atomic E-state index is 0.279. The molecule has 0 aromatic carbocycles. The Morgan fingerprint density at radius 2 is 1.36 bits per heavy atom. The Morgan fingerprint density at radius 3 is 1.83 bits per heavy atom. The zero-order valence-corrected chi connectivity index (χ0v) is 21.2. The molecule has 11 heteroatoms. The number of rotatable bonds is 5. The van der Waals surface area contributed by atoms with Crippen LogP contribution in [0.2, 0.25) is 6.82 Å². The van der Waals surface area contributed by atoms with Crippen molar-refractivity contribution >= 4 is 18.7 Å². The standard InChI is InChI=1S/C16H26BFN4O.C9H12FN3/c1-17(23)22-6-4-14(5-7-22)13-20-8-10-21(11-9-20)16-3-2-15(18)12-19-16;10-8-1-2-9(12-7-8)13-5-3-11-4-6-13/h2-3,12,14,23H,4-11,13H2,1H3;1-2,7,11H,3-6H2. The number of hydrogen-bond donors (Lipinski definition) is 2. The number of pyridine rings is 2. The van der Waals surface area contributed by atoms with E-state index in [9.17, 15) is 13.8 Å². The summed E-state index contributed by atoms with van der Waals surface area (Å²) in [4.78, 5) is 17.3. The Labute approximate surface area is 213 Å². The van der Waals surface area contributed by atoms with E-state index >= 15 is 0 Å². The summed E-state index contributed by atoms with van der Waals surface area (Å²) in [6.07, 6.45) is 4.89. The Morgan fingerprint density at radius 1 is 0.833 bits per heavy atom. The molecular formula is C25H38BF2N7O. The van der Waals surface area contributed by atoms with E-state index in [4.69, 9.17) is 0 Å².